The van der Waals surface area contributed by atoms with Gasteiger partial charge in [0.25, 0.3) is 0 Å². The predicted molar refractivity (Wildman–Crippen MR) is 60.2 cm³/mol. The van der Waals surface area contributed by atoms with Gasteiger partial charge in [0.2, 0.25) is 0 Å². The fourth-order valence-electron chi connectivity index (χ4n) is 1.22. The zero-order valence-corrected chi connectivity index (χ0v) is 9.42. The van der Waals surface area contributed by atoms with Gasteiger partial charge in [-0.15, -0.1) is 5.10 Å². The molecule has 0 fully saturated rings. The Morgan fingerprint density at radius 2 is 2.38 bits per heavy atom. The van der Waals surface area contributed by atoms with Crippen LogP contribution in [0.5, 0.6) is 5.75 Å². The average Bonchev–Trinajstić information content (AvgIpc) is 2.81. The maximum Gasteiger partial charge on any atom is 0.165 e. The van der Waals surface area contributed by atoms with Crippen molar-refractivity contribution in [2.75, 3.05) is 12.4 Å². The highest BCUT2D eigenvalue weighted by molar-refractivity contribution is 7.03. The molecule has 0 bridgehead atoms. The summed E-state index contributed by atoms with van der Waals surface area (Å²) < 4.78 is 21.7. The van der Waals surface area contributed by atoms with Gasteiger partial charge in [-0.3, -0.25) is 0 Å². The van der Waals surface area contributed by atoms with Crippen molar-refractivity contribution >= 4 is 17.2 Å². The molecule has 1 aromatic heterocycles. The summed E-state index contributed by atoms with van der Waals surface area (Å²) in [6.45, 7) is 0.561. The highest BCUT2D eigenvalue weighted by Gasteiger charge is 2.03. The Labute approximate surface area is 96.2 Å². The molecule has 0 aliphatic carbocycles. The summed E-state index contributed by atoms with van der Waals surface area (Å²) in [6.07, 6.45) is 0. The van der Waals surface area contributed by atoms with E-state index in [9.17, 15) is 4.39 Å². The van der Waals surface area contributed by atoms with Crippen LogP contribution in [0.25, 0.3) is 0 Å². The van der Waals surface area contributed by atoms with Crippen LogP contribution in [0.2, 0.25) is 0 Å². The second-order valence-electron chi connectivity index (χ2n) is 3.10. The van der Waals surface area contributed by atoms with Gasteiger partial charge in [-0.2, -0.15) is 0 Å². The molecule has 1 N–H and O–H groups in total. The van der Waals surface area contributed by atoms with Gasteiger partial charge < -0.3 is 10.1 Å². The highest BCUT2D eigenvalue weighted by Crippen LogP contribution is 2.21. The van der Waals surface area contributed by atoms with Crippen molar-refractivity contribution in [3.05, 3.63) is 35.1 Å². The monoisotopic (exact) mass is 239 g/mol. The number of nitrogens with one attached hydrogen (secondary N) is 1. The van der Waals surface area contributed by atoms with Gasteiger partial charge in [-0.05, 0) is 23.7 Å². The molecule has 84 valence electrons. The number of halogens is 1. The maximum absolute atomic E-state index is 13.1. The minimum Gasteiger partial charge on any atom is -0.494 e. The smallest absolute Gasteiger partial charge is 0.165 e. The SMILES string of the molecule is COc1cc(NCc2csnn2)ccc1F. The van der Waals surface area contributed by atoms with E-state index in [1.165, 1.54) is 24.7 Å². The van der Waals surface area contributed by atoms with E-state index in [-0.39, 0.29) is 11.6 Å². The van der Waals surface area contributed by atoms with Crippen LogP contribution >= 0.6 is 11.5 Å². The predicted octanol–water partition coefficient (Wildman–Crippen LogP) is 2.30. The van der Waals surface area contributed by atoms with E-state index in [1.54, 1.807) is 12.1 Å². The largest absolute Gasteiger partial charge is 0.494 e. The Balaban J connectivity index is 2.04. The van der Waals surface area contributed by atoms with Gasteiger partial charge in [0.05, 0.1) is 19.3 Å². The van der Waals surface area contributed by atoms with E-state index in [0.29, 0.717) is 6.54 Å². The zero-order chi connectivity index (χ0) is 11.4. The molecule has 0 aliphatic rings. The second-order valence-corrected chi connectivity index (χ2v) is 3.71. The van der Waals surface area contributed by atoms with Crippen molar-refractivity contribution in [2.45, 2.75) is 6.54 Å². The molecule has 16 heavy (non-hydrogen) atoms. The second kappa shape index (κ2) is 4.89. The Morgan fingerprint density at radius 3 is 3.06 bits per heavy atom. The minimum atomic E-state index is -0.372. The topological polar surface area (TPSA) is 47.0 Å². The molecule has 4 nitrogen and oxygen atoms in total. The Hall–Kier alpha value is -1.69. The molecule has 0 amide bonds. The molecule has 1 aromatic carbocycles. The van der Waals surface area contributed by atoms with Crippen LogP contribution in [0.4, 0.5) is 10.1 Å². The quantitative estimate of drug-likeness (QED) is 0.889. The number of hydrogen-bond acceptors (Lipinski definition) is 5. The lowest BCUT2D eigenvalue weighted by molar-refractivity contribution is 0.387. The van der Waals surface area contributed by atoms with Crippen LogP contribution in [-0.2, 0) is 6.54 Å². The molecule has 0 saturated heterocycles. The molecule has 0 saturated carbocycles. The number of aromatic nitrogens is 2. The molecule has 2 aromatic rings. The van der Waals surface area contributed by atoms with Crippen LogP contribution < -0.4 is 10.1 Å². The lowest BCUT2D eigenvalue weighted by Gasteiger charge is -2.07. The first-order valence-corrected chi connectivity index (χ1v) is 5.46. The number of nitrogens with zero attached hydrogens (tertiary/aromatic N) is 2. The van der Waals surface area contributed by atoms with Crippen molar-refractivity contribution in [1.82, 2.24) is 9.59 Å². The first-order valence-electron chi connectivity index (χ1n) is 4.63. The van der Waals surface area contributed by atoms with E-state index >= 15 is 0 Å². The fraction of sp³-hybridized carbons (Fsp3) is 0.200. The summed E-state index contributed by atoms with van der Waals surface area (Å²) in [5.74, 6) is -0.148. The third-order valence-electron chi connectivity index (χ3n) is 2.03. The van der Waals surface area contributed by atoms with Crippen molar-refractivity contribution in [3.63, 3.8) is 0 Å². The summed E-state index contributed by atoms with van der Waals surface area (Å²) in [7, 11) is 1.44. The summed E-state index contributed by atoms with van der Waals surface area (Å²) >= 11 is 1.30. The number of rotatable bonds is 4. The third kappa shape index (κ3) is 2.46. The Morgan fingerprint density at radius 1 is 1.50 bits per heavy atom. The summed E-state index contributed by atoms with van der Waals surface area (Å²) in [5, 5.41) is 8.85. The summed E-state index contributed by atoms with van der Waals surface area (Å²) in [4.78, 5) is 0. The molecular formula is C10H10FN3OS. The normalized spacial score (nSPS) is 10.1. The number of anilines is 1. The Bertz CT molecular complexity index is 461. The summed E-state index contributed by atoms with van der Waals surface area (Å²) in [5.41, 5.74) is 1.64. The van der Waals surface area contributed by atoms with Crippen LogP contribution in [-0.4, -0.2) is 16.7 Å². The maximum atomic E-state index is 13.1. The zero-order valence-electron chi connectivity index (χ0n) is 8.61. The molecule has 0 unspecified atom stereocenters. The van der Waals surface area contributed by atoms with Gasteiger partial charge in [-0.25, -0.2) is 4.39 Å². The van der Waals surface area contributed by atoms with E-state index < -0.39 is 0 Å². The third-order valence-corrected chi connectivity index (χ3v) is 2.58. The number of methoxy groups -OCH3 is 1. The lowest BCUT2D eigenvalue weighted by atomic mass is 10.3. The van der Waals surface area contributed by atoms with Gasteiger partial charge in [0.15, 0.2) is 11.6 Å². The van der Waals surface area contributed by atoms with E-state index in [4.69, 9.17) is 4.74 Å². The molecular weight excluding hydrogens is 229 g/mol. The van der Waals surface area contributed by atoms with E-state index in [2.05, 4.69) is 14.9 Å². The van der Waals surface area contributed by atoms with E-state index in [0.717, 1.165) is 11.4 Å². The van der Waals surface area contributed by atoms with Crippen LogP contribution in [0.1, 0.15) is 5.69 Å². The van der Waals surface area contributed by atoms with Gasteiger partial charge >= 0.3 is 0 Å². The average molecular weight is 239 g/mol. The fourth-order valence-corrected chi connectivity index (χ4v) is 1.67. The van der Waals surface area contributed by atoms with Crippen molar-refractivity contribution < 1.29 is 9.13 Å². The number of hydrogen-bond donors (Lipinski definition) is 1. The van der Waals surface area contributed by atoms with Crippen LogP contribution in [0.15, 0.2) is 23.6 Å². The molecule has 2 rings (SSSR count). The van der Waals surface area contributed by atoms with Crippen LogP contribution in [0.3, 0.4) is 0 Å². The molecule has 0 atom stereocenters. The standard InChI is InChI=1S/C10H10FN3OS/c1-15-10-4-7(2-3-9(10)11)12-5-8-6-16-14-13-8/h2-4,6,12H,5H2,1H3. The van der Waals surface area contributed by atoms with E-state index in [1.807, 2.05) is 5.38 Å². The number of benzene rings is 1. The van der Waals surface area contributed by atoms with Crippen molar-refractivity contribution in [1.29, 1.82) is 0 Å². The number of ether oxygens (including phenoxy) is 1. The summed E-state index contributed by atoms with van der Waals surface area (Å²) in [6, 6.07) is 4.62. The van der Waals surface area contributed by atoms with Crippen molar-refractivity contribution in [3.8, 4) is 5.75 Å². The highest BCUT2D eigenvalue weighted by atomic mass is 32.1. The molecule has 6 heteroatoms. The molecule has 0 aliphatic heterocycles. The first-order chi connectivity index (χ1) is 7.79. The van der Waals surface area contributed by atoms with Gasteiger partial charge in [0, 0.05) is 17.1 Å². The van der Waals surface area contributed by atoms with Gasteiger partial charge in [-0.1, -0.05) is 4.49 Å². The molecule has 1 heterocycles. The van der Waals surface area contributed by atoms with Crippen LogP contribution in [0, 0.1) is 5.82 Å². The molecule has 0 spiro atoms. The van der Waals surface area contributed by atoms with Crippen molar-refractivity contribution in [2.24, 2.45) is 0 Å². The van der Waals surface area contributed by atoms with Gasteiger partial charge in [0.1, 0.15) is 0 Å². The molecule has 0 radical (unpaired) electrons. The first kappa shape index (κ1) is 10.8. The minimum absolute atomic E-state index is 0.224. The Kier molecular flexibility index (Phi) is 3.31. The lowest BCUT2D eigenvalue weighted by Crippen LogP contribution is -2.00.